The highest BCUT2D eigenvalue weighted by molar-refractivity contribution is 14.1. The molecule has 0 aliphatic carbocycles. The van der Waals surface area contributed by atoms with Crippen molar-refractivity contribution in [2.45, 2.75) is 6.61 Å². The third-order valence-electron chi connectivity index (χ3n) is 2.51. The summed E-state index contributed by atoms with van der Waals surface area (Å²) >= 11 is 2.10. The first-order valence-corrected chi connectivity index (χ1v) is 6.39. The predicted octanol–water partition coefficient (Wildman–Crippen LogP) is 2.93. The van der Waals surface area contributed by atoms with Crippen molar-refractivity contribution in [3.63, 3.8) is 0 Å². The lowest BCUT2D eigenvalue weighted by atomic mass is 10.2. The number of hydrogen-bond donors (Lipinski definition) is 1. The molecule has 1 aromatic carbocycles. The summed E-state index contributed by atoms with van der Waals surface area (Å²) in [5, 5.41) is 9.16. The van der Waals surface area contributed by atoms with Crippen LogP contribution >= 0.6 is 22.6 Å². The number of carboxylic acids is 1. The third kappa shape index (κ3) is 2.73. The Morgan fingerprint density at radius 3 is 2.89 bits per heavy atom. The number of aromatic nitrogens is 1. The first-order valence-electron chi connectivity index (χ1n) is 5.31. The summed E-state index contributed by atoms with van der Waals surface area (Å²) in [6, 6.07) is 9.28. The zero-order chi connectivity index (χ0) is 13.1. The highest BCUT2D eigenvalue weighted by Crippen LogP contribution is 2.18. The lowest BCUT2D eigenvalue weighted by molar-refractivity contribution is 0.0688. The molecule has 1 aromatic heterocycles. The highest BCUT2D eigenvalue weighted by atomic mass is 127. The fourth-order valence-electron chi connectivity index (χ4n) is 1.77. The van der Waals surface area contributed by atoms with Crippen LogP contribution < -0.4 is 0 Å². The van der Waals surface area contributed by atoms with Crippen LogP contribution in [0.3, 0.4) is 0 Å². The average molecular weight is 357 g/mol. The van der Waals surface area contributed by atoms with Crippen molar-refractivity contribution in [3.05, 3.63) is 51.4 Å². The number of ether oxygens (including phenoxy) is 1. The van der Waals surface area contributed by atoms with Crippen LogP contribution in [0.1, 0.15) is 16.1 Å². The van der Waals surface area contributed by atoms with Crippen molar-refractivity contribution in [2.24, 2.45) is 0 Å². The van der Waals surface area contributed by atoms with Gasteiger partial charge in [-0.1, -0.05) is 12.1 Å². The molecule has 2 rings (SSSR count). The molecule has 0 aliphatic heterocycles. The summed E-state index contributed by atoms with van der Waals surface area (Å²) in [6.45, 7) is 0.509. The maximum Gasteiger partial charge on any atom is 0.352 e. The average Bonchev–Trinajstić information content (AvgIpc) is 2.72. The maximum atomic E-state index is 11.2. The molecular weight excluding hydrogens is 345 g/mol. The fourth-order valence-corrected chi connectivity index (χ4v) is 2.34. The molecular formula is C13H12INO3. The molecule has 0 atom stereocenters. The monoisotopic (exact) mass is 357 g/mol. The molecule has 0 unspecified atom stereocenters. The number of halogens is 1. The standard InChI is InChI=1S/C13H12INO3/c1-18-8-9-3-2-4-11(5-9)15-7-10(14)6-12(15)13(16)17/h2-7H,8H2,1H3,(H,16,17). The molecule has 18 heavy (non-hydrogen) atoms. The summed E-state index contributed by atoms with van der Waals surface area (Å²) in [7, 11) is 1.63. The number of hydrogen-bond acceptors (Lipinski definition) is 2. The van der Waals surface area contributed by atoms with Crippen LogP contribution in [-0.4, -0.2) is 22.8 Å². The molecule has 2 aromatic rings. The van der Waals surface area contributed by atoms with Crippen LogP contribution in [0.4, 0.5) is 0 Å². The van der Waals surface area contributed by atoms with Crippen LogP contribution in [0, 0.1) is 3.57 Å². The SMILES string of the molecule is COCc1cccc(-n2cc(I)cc2C(=O)O)c1. The van der Waals surface area contributed by atoms with E-state index in [4.69, 9.17) is 9.84 Å². The Hall–Kier alpha value is -1.34. The van der Waals surface area contributed by atoms with Crippen LogP contribution in [0.5, 0.6) is 0 Å². The Balaban J connectivity index is 2.47. The van der Waals surface area contributed by atoms with Gasteiger partial charge >= 0.3 is 5.97 Å². The molecule has 0 radical (unpaired) electrons. The smallest absolute Gasteiger partial charge is 0.352 e. The van der Waals surface area contributed by atoms with Crippen LogP contribution in [0.25, 0.3) is 5.69 Å². The molecule has 1 heterocycles. The molecule has 5 heteroatoms. The molecule has 0 bridgehead atoms. The second-order valence-electron chi connectivity index (χ2n) is 3.82. The predicted molar refractivity (Wildman–Crippen MR) is 76.2 cm³/mol. The zero-order valence-electron chi connectivity index (χ0n) is 9.76. The van der Waals surface area contributed by atoms with Gasteiger partial charge < -0.3 is 14.4 Å². The number of carboxylic acid groups (broad SMARTS) is 1. The van der Waals surface area contributed by atoms with Gasteiger partial charge in [-0.2, -0.15) is 0 Å². The van der Waals surface area contributed by atoms with Gasteiger partial charge in [0.25, 0.3) is 0 Å². The van der Waals surface area contributed by atoms with E-state index in [1.807, 2.05) is 24.3 Å². The van der Waals surface area contributed by atoms with E-state index in [0.29, 0.717) is 6.61 Å². The number of benzene rings is 1. The summed E-state index contributed by atoms with van der Waals surface area (Å²) in [4.78, 5) is 11.2. The maximum absolute atomic E-state index is 11.2. The Morgan fingerprint density at radius 2 is 2.22 bits per heavy atom. The number of nitrogens with zero attached hydrogens (tertiary/aromatic N) is 1. The van der Waals surface area contributed by atoms with Gasteiger partial charge in [0.05, 0.1) is 6.61 Å². The second kappa shape index (κ2) is 5.53. The Bertz CT molecular complexity index is 577. The van der Waals surface area contributed by atoms with E-state index in [9.17, 15) is 4.79 Å². The summed E-state index contributed by atoms with van der Waals surface area (Å²) in [5.74, 6) is -0.935. The quantitative estimate of drug-likeness (QED) is 0.857. The van der Waals surface area contributed by atoms with Crippen molar-refractivity contribution in [1.82, 2.24) is 4.57 Å². The largest absolute Gasteiger partial charge is 0.477 e. The number of carbonyl (C=O) groups is 1. The molecule has 0 saturated heterocycles. The van der Waals surface area contributed by atoms with E-state index in [2.05, 4.69) is 22.6 Å². The summed E-state index contributed by atoms with van der Waals surface area (Å²) < 4.78 is 7.64. The van der Waals surface area contributed by atoms with Crippen molar-refractivity contribution in [2.75, 3.05) is 7.11 Å². The van der Waals surface area contributed by atoms with Crippen molar-refractivity contribution < 1.29 is 14.6 Å². The molecule has 0 spiro atoms. The van der Waals surface area contributed by atoms with Gasteiger partial charge in [0.15, 0.2) is 0 Å². The van der Waals surface area contributed by atoms with Gasteiger partial charge in [0.1, 0.15) is 5.69 Å². The zero-order valence-corrected chi connectivity index (χ0v) is 11.9. The van der Waals surface area contributed by atoms with Crippen LogP contribution in [0.2, 0.25) is 0 Å². The molecule has 0 fully saturated rings. The van der Waals surface area contributed by atoms with Crippen molar-refractivity contribution in [3.8, 4) is 5.69 Å². The molecule has 0 aliphatic rings. The fraction of sp³-hybridized carbons (Fsp3) is 0.154. The molecule has 0 saturated carbocycles. The normalized spacial score (nSPS) is 10.6. The minimum Gasteiger partial charge on any atom is -0.477 e. The molecule has 1 N–H and O–H groups in total. The molecule has 0 amide bonds. The summed E-state index contributed by atoms with van der Waals surface area (Å²) in [5.41, 5.74) is 2.09. The van der Waals surface area contributed by atoms with Gasteiger partial charge in [-0.25, -0.2) is 4.79 Å². The van der Waals surface area contributed by atoms with E-state index < -0.39 is 5.97 Å². The number of methoxy groups -OCH3 is 1. The summed E-state index contributed by atoms with van der Waals surface area (Å²) in [6.07, 6.45) is 1.80. The Labute approximate surface area is 118 Å². The first-order chi connectivity index (χ1) is 8.61. The Morgan fingerprint density at radius 1 is 1.44 bits per heavy atom. The second-order valence-corrected chi connectivity index (χ2v) is 5.07. The van der Waals surface area contributed by atoms with E-state index in [1.165, 1.54) is 0 Å². The first kappa shape index (κ1) is 13.1. The van der Waals surface area contributed by atoms with E-state index in [0.717, 1.165) is 14.8 Å². The molecule has 4 nitrogen and oxygen atoms in total. The lowest BCUT2D eigenvalue weighted by Gasteiger charge is -2.08. The van der Waals surface area contributed by atoms with Gasteiger partial charge in [-0.3, -0.25) is 0 Å². The van der Waals surface area contributed by atoms with Crippen LogP contribution in [0.15, 0.2) is 36.5 Å². The third-order valence-corrected chi connectivity index (χ3v) is 3.10. The van der Waals surface area contributed by atoms with Gasteiger partial charge in [0, 0.05) is 22.6 Å². The van der Waals surface area contributed by atoms with E-state index in [1.54, 1.807) is 23.9 Å². The van der Waals surface area contributed by atoms with Gasteiger partial charge in [-0.15, -0.1) is 0 Å². The van der Waals surface area contributed by atoms with E-state index in [-0.39, 0.29) is 5.69 Å². The van der Waals surface area contributed by atoms with Crippen molar-refractivity contribution >= 4 is 28.6 Å². The van der Waals surface area contributed by atoms with E-state index >= 15 is 0 Å². The topological polar surface area (TPSA) is 51.5 Å². The lowest BCUT2D eigenvalue weighted by Crippen LogP contribution is -2.05. The molecule has 94 valence electrons. The highest BCUT2D eigenvalue weighted by Gasteiger charge is 2.12. The van der Waals surface area contributed by atoms with Crippen molar-refractivity contribution in [1.29, 1.82) is 0 Å². The minimum absolute atomic E-state index is 0.258. The van der Waals surface area contributed by atoms with Gasteiger partial charge in [0.2, 0.25) is 0 Å². The van der Waals surface area contributed by atoms with Gasteiger partial charge in [-0.05, 0) is 46.4 Å². The van der Waals surface area contributed by atoms with Crippen LogP contribution in [-0.2, 0) is 11.3 Å². The minimum atomic E-state index is -0.935. The Kier molecular flexibility index (Phi) is 4.03. The number of rotatable bonds is 4. The number of aromatic carboxylic acids is 1.